The van der Waals surface area contributed by atoms with E-state index in [1.165, 1.54) is 11.1 Å². The third-order valence-corrected chi connectivity index (χ3v) is 4.35. The topological polar surface area (TPSA) is 35.2 Å². The minimum atomic E-state index is 0. The van der Waals surface area contributed by atoms with Crippen LogP contribution in [0.25, 0.3) is 0 Å². The Bertz CT molecular complexity index is 589. The molecule has 0 saturated heterocycles. The summed E-state index contributed by atoms with van der Waals surface area (Å²) in [5.41, 5.74) is 11.1. The quantitative estimate of drug-likeness (QED) is 0.773. The molecule has 0 fully saturated rings. The molecule has 0 bridgehead atoms. The zero-order valence-corrected chi connectivity index (χ0v) is 15.3. The number of nitrogens with two attached hydrogens (primary N) is 1. The lowest BCUT2D eigenvalue weighted by molar-refractivity contribution is 0.301. The average molecular weight is 334 g/mol. The van der Waals surface area contributed by atoms with Gasteiger partial charge in [0, 0.05) is 6.04 Å². The maximum absolute atomic E-state index is 6.36. The first kappa shape index (κ1) is 19.5. The van der Waals surface area contributed by atoms with Gasteiger partial charge in [-0.25, -0.2) is 0 Å². The fourth-order valence-electron chi connectivity index (χ4n) is 2.72. The maximum Gasteiger partial charge on any atom is 0.125 e. The van der Waals surface area contributed by atoms with Crippen molar-refractivity contribution >= 4 is 12.4 Å². The van der Waals surface area contributed by atoms with Crippen LogP contribution in [0, 0.1) is 19.8 Å². The first-order valence-corrected chi connectivity index (χ1v) is 8.06. The monoisotopic (exact) mass is 333 g/mol. The van der Waals surface area contributed by atoms with Gasteiger partial charge >= 0.3 is 0 Å². The van der Waals surface area contributed by atoms with E-state index in [0.29, 0.717) is 12.5 Å². The molecule has 2 aromatic carbocycles. The fraction of sp³-hybridized carbons (Fsp3) is 0.400. The molecule has 2 aromatic rings. The highest BCUT2D eigenvalue weighted by atomic mass is 35.5. The van der Waals surface area contributed by atoms with Gasteiger partial charge < -0.3 is 10.5 Å². The summed E-state index contributed by atoms with van der Waals surface area (Å²) in [5, 5.41) is 0. The normalized spacial score (nSPS) is 13.1. The molecule has 126 valence electrons. The first-order valence-electron chi connectivity index (χ1n) is 8.06. The number of hydrogen-bond acceptors (Lipinski definition) is 2. The molecule has 2 rings (SSSR count). The van der Waals surface area contributed by atoms with Crippen LogP contribution in [0.15, 0.2) is 42.5 Å². The molecule has 0 spiro atoms. The minimum Gasteiger partial charge on any atom is -0.488 e. The molecule has 0 aliphatic carbocycles. The zero-order chi connectivity index (χ0) is 16.1. The van der Waals surface area contributed by atoms with Crippen molar-refractivity contribution < 1.29 is 4.74 Å². The van der Waals surface area contributed by atoms with Crippen molar-refractivity contribution in [3.8, 4) is 5.75 Å². The summed E-state index contributed by atoms with van der Waals surface area (Å²) in [7, 11) is 0. The smallest absolute Gasteiger partial charge is 0.125 e. The predicted octanol–water partition coefficient (Wildman–Crippen LogP) is 5.35. The van der Waals surface area contributed by atoms with Gasteiger partial charge in [0.15, 0.2) is 0 Å². The molecule has 3 heteroatoms. The molecule has 2 atom stereocenters. The maximum atomic E-state index is 6.36. The molecule has 0 saturated carbocycles. The van der Waals surface area contributed by atoms with Crippen LogP contribution in [-0.4, -0.2) is 0 Å². The van der Waals surface area contributed by atoms with Gasteiger partial charge in [0.1, 0.15) is 12.4 Å². The van der Waals surface area contributed by atoms with Crippen molar-refractivity contribution in [2.45, 2.75) is 46.8 Å². The van der Waals surface area contributed by atoms with Crippen LogP contribution < -0.4 is 10.5 Å². The van der Waals surface area contributed by atoms with Crippen molar-refractivity contribution in [3.05, 3.63) is 64.7 Å². The SMILES string of the molecule is CCC(C)[C@H](N)c1cc(C)c(OCc2ccccc2)c(C)c1.Cl. The van der Waals surface area contributed by atoms with Crippen LogP contribution in [0.2, 0.25) is 0 Å². The van der Waals surface area contributed by atoms with E-state index >= 15 is 0 Å². The van der Waals surface area contributed by atoms with Gasteiger partial charge in [0.2, 0.25) is 0 Å². The van der Waals surface area contributed by atoms with Crippen LogP contribution in [0.1, 0.15) is 48.6 Å². The van der Waals surface area contributed by atoms with Crippen molar-refractivity contribution in [1.82, 2.24) is 0 Å². The molecule has 0 aliphatic rings. The molecule has 1 unspecified atom stereocenters. The Labute approximate surface area is 146 Å². The molecule has 2 N–H and O–H groups in total. The van der Waals surface area contributed by atoms with Crippen molar-refractivity contribution in [2.24, 2.45) is 11.7 Å². The Morgan fingerprint density at radius 3 is 2.13 bits per heavy atom. The van der Waals surface area contributed by atoms with E-state index in [9.17, 15) is 0 Å². The summed E-state index contributed by atoms with van der Waals surface area (Å²) in [4.78, 5) is 0. The van der Waals surface area contributed by atoms with Crippen LogP contribution >= 0.6 is 12.4 Å². The highest BCUT2D eigenvalue weighted by Crippen LogP contribution is 2.30. The van der Waals surface area contributed by atoms with Gasteiger partial charge in [0.25, 0.3) is 0 Å². The summed E-state index contributed by atoms with van der Waals surface area (Å²) in [5.74, 6) is 1.46. The van der Waals surface area contributed by atoms with Crippen LogP contribution in [0.5, 0.6) is 5.75 Å². The Morgan fingerprint density at radius 2 is 1.61 bits per heavy atom. The number of hydrogen-bond donors (Lipinski definition) is 1. The third-order valence-electron chi connectivity index (χ3n) is 4.35. The minimum absolute atomic E-state index is 0. The van der Waals surface area contributed by atoms with Crippen LogP contribution in [-0.2, 0) is 6.61 Å². The van der Waals surface area contributed by atoms with E-state index < -0.39 is 0 Å². The zero-order valence-electron chi connectivity index (χ0n) is 14.5. The molecule has 0 radical (unpaired) electrons. The molecular weight excluding hydrogens is 306 g/mol. The Morgan fingerprint density at radius 1 is 1.04 bits per heavy atom. The fourth-order valence-corrected chi connectivity index (χ4v) is 2.72. The molecule has 0 heterocycles. The molecule has 0 aliphatic heterocycles. The molecule has 0 aromatic heterocycles. The second-order valence-corrected chi connectivity index (χ2v) is 6.17. The van der Waals surface area contributed by atoms with E-state index in [2.05, 4.69) is 52.0 Å². The third kappa shape index (κ3) is 4.98. The Hall–Kier alpha value is -1.51. The summed E-state index contributed by atoms with van der Waals surface area (Å²) in [6.45, 7) is 9.18. The van der Waals surface area contributed by atoms with Gasteiger partial charge in [0.05, 0.1) is 0 Å². The van der Waals surface area contributed by atoms with Gasteiger partial charge in [-0.05, 0) is 42.0 Å². The lowest BCUT2D eigenvalue weighted by atomic mass is 9.91. The number of benzene rings is 2. The number of rotatable bonds is 6. The van der Waals surface area contributed by atoms with E-state index in [-0.39, 0.29) is 18.4 Å². The molecule has 0 amide bonds. The predicted molar refractivity (Wildman–Crippen MR) is 100 cm³/mol. The van der Waals surface area contributed by atoms with Crippen molar-refractivity contribution in [1.29, 1.82) is 0 Å². The second kappa shape index (κ2) is 8.95. The van der Waals surface area contributed by atoms with E-state index in [1.54, 1.807) is 0 Å². The van der Waals surface area contributed by atoms with E-state index in [0.717, 1.165) is 23.3 Å². The summed E-state index contributed by atoms with van der Waals surface area (Å²) < 4.78 is 6.03. The number of halogens is 1. The standard InChI is InChI=1S/C20H27NO.ClH/c1-5-14(2)19(21)18-11-15(3)20(16(4)12-18)22-13-17-9-7-6-8-10-17;/h6-12,14,19H,5,13,21H2,1-4H3;1H/t14?,19-;/m0./s1. The van der Waals surface area contributed by atoms with Crippen LogP contribution in [0.4, 0.5) is 0 Å². The summed E-state index contributed by atoms with van der Waals surface area (Å²) in [6, 6.07) is 14.7. The summed E-state index contributed by atoms with van der Waals surface area (Å²) in [6.07, 6.45) is 1.09. The Kier molecular flexibility index (Phi) is 7.60. The summed E-state index contributed by atoms with van der Waals surface area (Å²) >= 11 is 0. The molecular formula is C20H28ClNO. The largest absolute Gasteiger partial charge is 0.488 e. The number of aryl methyl sites for hydroxylation is 2. The van der Waals surface area contributed by atoms with Crippen LogP contribution in [0.3, 0.4) is 0 Å². The second-order valence-electron chi connectivity index (χ2n) is 6.17. The van der Waals surface area contributed by atoms with Gasteiger partial charge in [-0.1, -0.05) is 62.7 Å². The van der Waals surface area contributed by atoms with Crippen molar-refractivity contribution in [2.75, 3.05) is 0 Å². The molecule has 2 nitrogen and oxygen atoms in total. The van der Waals surface area contributed by atoms with Gasteiger partial charge in [-0.3, -0.25) is 0 Å². The number of ether oxygens (including phenoxy) is 1. The highest BCUT2D eigenvalue weighted by Gasteiger charge is 2.16. The average Bonchev–Trinajstić information content (AvgIpc) is 2.53. The van der Waals surface area contributed by atoms with Crippen molar-refractivity contribution in [3.63, 3.8) is 0 Å². The van der Waals surface area contributed by atoms with E-state index in [1.807, 2.05) is 18.2 Å². The van der Waals surface area contributed by atoms with Gasteiger partial charge in [-0.2, -0.15) is 0 Å². The highest BCUT2D eigenvalue weighted by molar-refractivity contribution is 5.85. The molecule has 23 heavy (non-hydrogen) atoms. The van der Waals surface area contributed by atoms with E-state index in [4.69, 9.17) is 10.5 Å². The first-order chi connectivity index (χ1) is 10.5. The lowest BCUT2D eigenvalue weighted by Crippen LogP contribution is -2.19. The van der Waals surface area contributed by atoms with Gasteiger partial charge in [-0.15, -0.1) is 12.4 Å². The lowest BCUT2D eigenvalue weighted by Gasteiger charge is -2.21. The Balaban J connectivity index is 0.00000264.